The molecule has 0 aliphatic carbocycles. The first kappa shape index (κ1) is 19.3. The smallest absolute Gasteiger partial charge is 0.279 e. The van der Waals surface area contributed by atoms with Crippen molar-refractivity contribution in [2.24, 2.45) is 0 Å². The molecule has 1 aliphatic rings. The van der Waals surface area contributed by atoms with Crippen molar-refractivity contribution in [3.05, 3.63) is 81.9 Å². The monoisotopic (exact) mass is 405 g/mol. The van der Waals surface area contributed by atoms with Crippen LogP contribution in [-0.2, 0) is 0 Å². The number of aromatic nitrogens is 2. The van der Waals surface area contributed by atoms with E-state index in [-0.39, 0.29) is 16.8 Å². The van der Waals surface area contributed by atoms with Crippen LogP contribution in [0, 0.1) is 35.4 Å². The van der Waals surface area contributed by atoms with Crippen molar-refractivity contribution in [2.75, 3.05) is 0 Å². The fourth-order valence-electron chi connectivity index (χ4n) is 3.65. The number of H-pyrrole nitrogens is 1. The van der Waals surface area contributed by atoms with Gasteiger partial charge in [-0.15, -0.1) is 0 Å². The molecule has 148 valence electrons. The number of nitriles is 2. The van der Waals surface area contributed by atoms with Gasteiger partial charge in [0.05, 0.1) is 51.8 Å². The summed E-state index contributed by atoms with van der Waals surface area (Å²) in [6.07, 6.45) is -2.96. The van der Waals surface area contributed by atoms with Gasteiger partial charge in [-0.1, -0.05) is 6.07 Å². The number of fused-ring (bicyclic) bond motifs is 1. The second-order valence-electron chi connectivity index (χ2n) is 6.82. The molecule has 1 unspecified atom stereocenters. The number of nitrogens with one attached hydrogen (secondary N) is 2. The largest absolute Gasteiger partial charge is 0.352 e. The summed E-state index contributed by atoms with van der Waals surface area (Å²) in [6.45, 7) is 1.79. The Labute approximate surface area is 169 Å². The molecule has 1 aliphatic heterocycles. The van der Waals surface area contributed by atoms with Crippen LogP contribution in [0.5, 0.6) is 0 Å². The van der Waals surface area contributed by atoms with E-state index >= 15 is 0 Å². The van der Waals surface area contributed by atoms with Gasteiger partial charge in [-0.2, -0.15) is 15.6 Å². The number of hydrogen-bond acceptors (Lipinski definition) is 4. The number of aryl methyl sites for hydroxylation is 1. The van der Waals surface area contributed by atoms with Gasteiger partial charge >= 0.3 is 0 Å². The summed E-state index contributed by atoms with van der Waals surface area (Å²) in [5.41, 5.74) is 1.77. The van der Waals surface area contributed by atoms with Crippen molar-refractivity contribution in [1.82, 2.24) is 15.5 Å². The molecule has 1 atom stereocenters. The van der Waals surface area contributed by atoms with Crippen LogP contribution in [0.1, 0.15) is 22.7 Å². The Morgan fingerprint density at radius 2 is 1.73 bits per heavy atom. The lowest BCUT2D eigenvalue weighted by atomic mass is 9.80. The molecule has 8 heteroatoms. The van der Waals surface area contributed by atoms with Crippen LogP contribution in [0.4, 0.5) is 13.2 Å². The van der Waals surface area contributed by atoms with E-state index < -0.39 is 23.9 Å². The van der Waals surface area contributed by atoms with Crippen molar-refractivity contribution in [3.8, 4) is 12.1 Å². The minimum atomic E-state index is -2.96. The van der Waals surface area contributed by atoms with Gasteiger partial charge in [0.2, 0.25) is 0 Å². The average molecular weight is 405 g/mol. The Balaban J connectivity index is 1.99. The fraction of sp³-hybridized carbons (Fsp3) is 0.136. The van der Waals surface area contributed by atoms with E-state index in [2.05, 4.69) is 21.6 Å². The highest BCUT2D eigenvalue weighted by Crippen LogP contribution is 2.42. The highest BCUT2D eigenvalue weighted by Gasteiger charge is 2.35. The molecule has 0 fully saturated rings. The summed E-state index contributed by atoms with van der Waals surface area (Å²) in [5, 5.41) is 29.9. The first-order chi connectivity index (χ1) is 14.4. The minimum absolute atomic E-state index is 0.100. The highest BCUT2D eigenvalue weighted by molar-refractivity contribution is 5.84. The van der Waals surface area contributed by atoms with E-state index in [0.29, 0.717) is 16.8 Å². The zero-order chi connectivity index (χ0) is 21.4. The molecule has 0 amide bonds. The second kappa shape index (κ2) is 7.41. The Kier molecular flexibility index (Phi) is 4.77. The van der Waals surface area contributed by atoms with Gasteiger partial charge in [0.15, 0.2) is 0 Å². The molecule has 0 saturated carbocycles. The first-order valence-electron chi connectivity index (χ1n) is 8.98. The summed E-state index contributed by atoms with van der Waals surface area (Å²) in [5.74, 6) is -1.49. The Morgan fingerprint density at radius 1 is 1.03 bits per heavy atom. The van der Waals surface area contributed by atoms with Crippen molar-refractivity contribution < 1.29 is 13.2 Å². The molecule has 2 N–H and O–H groups in total. The van der Waals surface area contributed by atoms with Gasteiger partial charge < -0.3 is 5.32 Å². The van der Waals surface area contributed by atoms with E-state index in [1.807, 2.05) is 6.07 Å². The van der Waals surface area contributed by atoms with Crippen LogP contribution in [0.3, 0.4) is 0 Å². The SMILES string of the molecule is Cc1n[nH]c2ccc(C3C(C#N)=C(c4ccc(F)cc4)NC(C(F)F)=C3C#N)cc12. The van der Waals surface area contributed by atoms with Gasteiger partial charge in [0.25, 0.3) is 6.43 Å². The molecule has 3 aromatic rings. The summed E-state index contributed by atoms with van der Waals surface area (Å²) in [4.78, 5) is 0. The molecule has 1 aromatic heterocycles. The predicted molar refractivity (Wildman–Crippen MR) is 104 cm³/mol. The predicted octanol–water partition coefficient (Wildman–Crippen LogP) is 4.67. The van der Waals surface area contributed by atoms with Crippen molar-refractivity contribution in [1.29, 1.82) is 10.5 Å². The number of alkyl halides is 2. The van der Waals surface area contributed by atoms with E-state index in [1.54, 1.807) is 25.1 Å². The number of nitrogens with zero attached hydrogens (tertiary/aromatic N) is 3. The normalized spacial score (nSPS) is 16.6. The summed E-state index contributed by atoms with van der Waals surface area (Å²) >= 11 is 0. The van der Waals surface area contributed by atoms with Crippen molar-refractivity contribution in [3.63, 3.8) is 0 Å². The summed E-state index contributed by atoms with van der Waals surface area (Å²) in [7, 11) is 0. The van der Waals surface area contributed by atoms with E-state index in [4.69, 9.17) is 0 Å². The lowest BCUT2D eigenvalue weighted by Crippen LogP contribution is -2.29. The zero-order valence-corrected chi connectivity index (χ0v) is 15.7. The van der Waals surface area contributed by atoms with Crippen LogP contribution in [0.15, 0.2) is 59.3 Å². The second-order valence-corrected chi connectivity index (χ2v) is 6.82. The minimum Gasteiger partial charge on any atom is -0.352 e. The maximum absolute atomic E-state index is 13.8. The van der Waals surface area contributed by atoms with Gasteiger partial charge in [0.1, 0.15) is 5.82 Å². The van der Waals surface area contributed by atoms with E-state index in [9.17, 15) is 23.7 Å². The van der Waals surface area contributed by atoms with Crippen LogP contribution < -0.4 is 5.32 Å². The standard InChI is InChI=1S/C22H14F3N5/c1-11-15-8-13(4-7-18(15)30-29-11)19-16(9-26)20(12-2-5-14(23)6-3-12)28-21(22(24)25)17(19)10-27/h2-8,19,22,28H,1H3,(H,29,30). The molecule has 2 aromatic carbocycles. The van der Waals surface area contributed by atoms with Crippen molar-refractivity contribution in [2.45, 2.75) is 19.3 Å². The number of hydrogen-bond donors (Lipinski definition) is 2. The number of halogens is 3. The molecular weight excluding hydrogens is 391 g/mol. The first-order valence-corrected chi connectivity index (χ1v) is 8.98. The van der Waals surface area contributed by atoms with Gasteiger partial charge in [0, 0.05) is 5.39 Å². The molecule has 30 heavy (non-hydrogen) atoms. The molecule has 2 heterocycles. The molecular formula is C22H14F3N5. The molecule has 5 nitrogen and oxygen atoms in total. The maximum Gasteiger partial charge on any atom is 0.279 e. The topological polar surface area (TPSA) is 88.3 Å². The van der Waals surface area contributed by atoms with Crippen LogP contribution in [0.25, 0.3) is 16.6 Å². The Hall–Kier alpha value is -4.04. The highest BCUT2D eigenvalue weighted by atomic mass is 19.3. The number of rotatable bonds is 3. The molecule has 0 spiro atoms. The van der Waals surface area contributed by atoms with Gasteiger partial charge in [-0.25, -0.2) is 13.2 Å². The van der Waals surface area contributed by atoms with Crippen molar-refractivity contribution >= 4 is 16.6 Å². The molecule has 4 rings (SSSR count). The molecule has 0 radical (unpaired) electrons. The third-order valence-corrected chi connectivity index (χ3v) is 5.10. The molecule has 0 bridgehead atoms. The lowest BCUT2D eigenvalue weighted by Gasteiger charge is -2.29. The van der Waals surface area contributed by atoms with E-state index in [1.165, 1.54) is 24.3 Å². The average Bonchev–Trinajstić information content (AvgIpc) is 3.12. The van der Waals surface area contributed by atoms with Gasteiger partial charge in [-0.05, 0) is 54.4 Å². The Bertz CT molecular complexity index is 1290. The van der Waals surface area contributed by atoms with Crippen LogP contribution >= 0.6 is 0 Å². The molecule has 0 saturated heterocycles. The maximum atomic E-state index is 13.8. The number of allylic oxidation sites excluding steroid dienone is 3. The third kappa shape index (κ3) is 3.09. The fourth-order valence-corrected chi connectivity index (χ4v) is 3.65. The third-order valence-electron chi connectivity index (χ3n) is 5.10. The number of dihydropyridines is 1. The van der Waals surface area contributed by atoms with Crippen LogP contribution in [-0.4, -0.2) is 16.6 Å². The number of benzene rings is 2. The van der Waals surface area contributed by atoms with Gasteiger partial charge in [-0.3, -0.25) is 5.10 Å². The Morgan fingerprint density at radius 3 is 2.37 bits per heavy atom. The summed E-state index contributed by atoms with van der Waals surface area (Å²) < 4.78 is 41.1. The number of aromatic amines is 1. The lowest BCUT2D eigenvalue weighted by molar-refractivity contribution is 0.181. The summed E-state index contributed by atoms with van der Waals surface area (Å²) in [6, 6.07) is 14.2. The van der Waals surface area contributed by atoms with Crippen LogP contribution in [0.2, 0.25) is 0 Å². The zero-order valence-electron chi connectivity index (χ0n) is 15.7. The van der Waals surface area contributed by atoms with E-state index in [0.717, 1.165) is 10.9 Å². The quantitative estimate of drug-likeness (QED) is 0.663.